The number of nitrogens with zero attached hydrogens (tertiary/aromatic N) is 2. The highest BCUT2D eigenvalue weighted by atomic mass is 19.3. The molecular weight excluding hydrogens is 384 g/mol. The van der Waals surface area contributed by atoms with Crippen molar-refractivity contribution in [2.75, 3.05) is 49.6 Å². The van der Waals surface area contributed by atoms with Crippen LogP contribution >= 0.6 is 0 Å². The Balaban J connectivity index is 2.05. The molecule has 28 heavy (non-hydrogen) atoms. The monoisotopic (exact) mass is 406 g/mol. The molecule has 0 aliphatic carbocycles. The number of ether oxygens (including phenoxy) is 1. The van der Waals surface area contributed by atoms with Crippen molar-refractivity contribution in [3.8, 4) is 0 Å². The van der Waals surface area contributed by atoms with Gasteiger partial charge in [0.05, 0.1) is 19.7 Å². The minimum atomic E-state index is -2.88. The van der Waals surface area contributed by atoms with Crippen LogP contribution in [0.4, 0.5) is 28.9 Å². The zero-order valence-corrected chi connectivity index (χ0v) is 15.0. The molecule has 0 saturated carbocycles. The topological polar surface area (TPSA) is 87.9 Å². The summed E-state index contributed by atoms with van der Waals surface area (Å²) in [5.74, 6) is -0.958. The summed E-state index contributed by atoms with van der Waals surface area (Å²) in [5, 5.41) is 2.48. The summed E-state index contributed by atoms with van der Waals surface area (Å²) < 4.78 is 55.8. The maximum Gasteiger partial charge on any atom is 0.253 e. The fourth-order valence-electron chi connectivity index (χ4n) is 2.85. The molecule has 0 unspecified atom stereocenters. The summed E-state index contributed by atoms with van der Waals surface area (Å²) in [7, 11) is 0. The molecule has 1 aliphatic heterocycles. The lowest BCUT2D eigenvalue weighted by molar-refractivity contribution is -0.125. The number of benzene rings is 1. The van der Waals surface area contributed by atoms with E-state index in [9.17, 15) is 27.2 Å². The molecular formula is C17H22F4N4O3. The lowest BCUT2D eigenvalue weighted by Crippen LogP contribution is -2.51. The van der Waals surface area contributed by atoms with Crippen LogP contribution in [0.2, 0.25) is 0 Å². The molecule has 156 valence electrons. The Bertz CT molecular complexity index is 650. The third-order valence-electron chi connectivity index (χ3n) is 4.14. The molecule has 1 saturated heterocycles. The van der Waals surface area contributed by atoms with Crippen molar-refractivity contribution >= 4 is 23.2 Å². The number of rotatable bonds is 9. The number of alkyl halides is 4. The van der Waals surface area contributed by atoms with Gasteiger partial charge in [0.25, 0.3) is 18.8 Å². The molecule has 7 nitrogen and oxygen atoms in total. The highest BCUT2D eigenvalue weighted by molar-refractivity contribution is 5.97. The van der Waals surface area contributed by atoms with E-state index in [2.05, 4.69) is 5.32 Å². The van der Waals surface area contributed by atoms with Crippen molar-refractivity contribution in [2.24, 2.45) is 5.73 Å². The molecule has 0 aromatic heterocycles. The molecule has 1 aliphatic rings. The standard InChI is InChI=1S/C17H22F4N4O3/c18-14(19)8-24(9-15(20)21)13(7-22)17(27)23-11-1-3-12(4-2-11)25-5-6-28-10-16(25)26/h1-4,13-15H,5-10,22H2,(H,23,27)/t13-/m1/s1. The van der Waals surface area contributed by atoms with Gasteiger partial charge < -0.3 is 20.7 Å². The highest BCUT2D eigenvalue weighted by Gasteiger charge is 2.29. The van der Waals surface area contributed by atoms with Gasteiger partial charge in [0, 0.05) is 24.5 Å². The van der Waals surface area contributed by atoms with Crippen LogP contribution in [-0.4, -0.2) is 75.0 Å². The Labute approximate surface area is 159 Å². The molecule has 2 amide bonds. The van der Waals surface area contributed by atoms with Crippen molar-refractivity contribution in [1.82, 2.24) is 4.90 Å². The van der Waals surface area contributed by atoms with Crippen molar-refractivity contribution in [1.29, 1.82) is 0 Å². The fourth-order valence-corrected chi connectivity index (χ4v) is 2.85. The van der Waals surface area contributed by atoms with E-state index in [1.807, 2.05) is 0 Å². The van der Waals surface area contributed by atoms with E-state index >= 15 is 0 Å². The first-order valence-electron chi connectivity index (χ1n) is 8.61. The predicted octanol–water partition coefficient (Wildman–Crippen LogP) is 1.15. The maximum atomic E-state index is 12.7. The molecule has 1 heterocycles. The Morgan fingerprint density at radius 1 is 1.18 bits per heavy atom. The Hall–Kier alpha value is -2.24. The first-order chi connectivity index (χ1) is 13.3. The summed E-state index contributed by atoms with van der Waals surface area (Å²) in [4.78, 5) is 26.4. The molecule has 1 aromatic rings. The van der Waals surface area contributed by atoms with Gasteiger partial charge in [0.1, 0.15) is 12.6 Å². The first kappa shape index (κ1) is 22.1. The van der Waals surface area contributed by atoms with E-state index in [-0.39, 0.29) is 12.5 Å². The Kier molecular flexibility index (Phi) is 8.15. The van der Waals surface area contributed by atoms with Gasteiger partial charge in [-0.3, -0.25) is 14.5 Å². The second kappa shape index (κ2) is 10.3. The van der Waals surface area contributed by atoms with Crippen LogP contribution < -0.4 is 16.0 Å². The van der Waals surface area contributed by atoms with E-state index in [1.54, 1.807) is 12.1 Å². The van der Waals surface area contributed by atoms with Crippen LogP contribution in [0.3, 0.4) is 0 Å². The van der Waals surface area contributed by atoms with Crippen LogP contribution in [0.1, 0.15) is 0 Å². The van der Waals surface area contributed by atoms with E-state index in [4.69, 9.17) is 10.5 Å². The van der Waals surface area contributed by atoms with Crippen LogP contribution in [0.5, 0.6) is 0 Å². The van der Waals surface area contributed by atoms with Gasteiger partial charge in [-0.15, -0.1) is 0 Å². The number of nitrogens with one attached hydrogen (secondary N) is 1. The number of carbonyl (C=O) groups excluding carboxylic acids is 2. The number of anilines is 2. The number of amides is 2. The first-order valence-corrected chi connectivity index (χ1v) is 8.61. The summed E-state index contributed by atoms with van der Waals surface area (Å²) in [6.45, 7) is -1.58. The van der Waals surface area contributed by atoms with Gasteiger partial charge in [0.15, 0.2) is 0 Å². The van der Waals surface area contributed by atoms with Crippen molar-refractivity contribution < 1.29 is 31.9 Å². The molecule has 1 atom stereocenters. The van der Waals surface area contributed by atoms with E-state index in [0.29, 0.717) is 29.4 Å². The summed E-state index contributed by atoms with van der Waals surface area (Å²) in [6.07, 6.45) is -5.77. The Morgan fingerprint density at radius 3 is 2.29 bits per heavy atom. The predicted molar refractivity (Wildman–Crippen MR) is 94.7 cm³/mol. The number of halogens is 4. The van der Waals surface area contributed by atoms with E-state index < -0.39 is 44.4 Å². The zero-order chi connectivity index (χ0) is 20.7. The molecule has 11 heteroatoms. The molecule has 2 rings (SSSR count). The molecule has 0 spiro atoms. The van der Waals surface area contributed by atoms with Gasteiger partial charge in [-0.25, -0.2) is 17.6 Å². The largest absolute Gasteiger partial charge is 0.370 e. The van der Waals surface area contributed by atoms with Gasteiger partial charge in [0.2, 0.25) is 5.91 Å². The molecule has 0 bridgehead atoms. The second-order valence-electron chi connectivity index (χ2n) is 6.12. The van der Waals surface area contributed by atoms with Crippen molar-refractivity contribution in [2.45, 2.75) is 18.9 Å². The lowest BCUT2D eigenvalue weighted by atomic mass is 10.2. The minimum absolute atomic E-state index is 0.0131. The molecule has 0 radical (unpaired) electrons. The summed E-state index contributed by atoms with van der Waals surface area (Å²) >= 11 is 0. The number of carbonyl (C=O) groups is 2. The number of hydrogen-bond donors (Lipinski definition) is 2. The average Bonchev–Trinajstić information content (AvgIpc) is 2.62. The maximum absolute atomic E-state index is 12.7. The van der Waals surface area contributed by atoms with E-state index in [0.717, 1.165) is 0 Å². The molecule has 3 N–H and O–H groups in total. The second-order valence-corrected chi connectivity index (χ2v) is 6.12. The minimum Gasteiger partial charge on any atom is -0.370 e. The van der Waals surface area contributed by atoms with Crippen molar-refractivity contribution in [3.05, 3.63) is 24.3 Å². The quantitative estimate of drug-likeness (QED) is 0.601. The SMILES string of the molecule is NC[C@H](C(=O)Nc1ccc(N2CCOCC2=O)cc1)N(CC(F)F)CC(F)F. The smallest absolute Gasteiger partial charge is 0.253 e. The number of nitrogens with two attached hydrogens (primary N) is 1. The van der Waals surface area contributed by atoms with Crippen LogP contribution in [0.15, 0.2) is 24.3 Å². The van der Waals surface area contributed by atoms with Crippen molar-refractivity contribution in [3.63, 3.8) is 0 Å². The lowest BCUT2D eigenvalue weighted by Gasteiger charge is -2.29. The van der Waals surface area contributed by atoms with Gasteiger partial charge in [-0.05, 0) is 24.3 Å². The summed E-state index contributed by atoms with van der Waals surface area (Å²) in [6, 6.07) is 4.92. The van der Waals surface area contributed by atoms with Crippen LogP contribution in [0, 0.1) is 0 Å². The van der Waals surface area contributed by atoms with Gasteiger partial charge in [-0.1, -0.05) is 0 Å². The third kappa shape index (κ3) is 6.14. The number of morpholine rings is 1. The molecule has 1 fully saturated rings. The fraction of sp³-hybridized carbons (Fsp3) is 0.529. The Morgan fingerprint density at radius 2 is 1.79 bits per heavy atom. The van der Waals surface area contributed by atoms with E-state index in [1.165, 1.54) is 17.0 Å². The highest BCUT2D eigenvalue weighted by Crippen LogP contribution is 2.20. The normalized spacial score (nSPS) is 16.1. The number of hydrogen-bond acceptors (Lipinski definition) is 5. The van der Waals surface area contributed by atoms with Gasteiger partial charge in [-0.2, -0.15) is 0 Å². The molecule has 1 aromatic carbocycles. The third-order valence-corrected chi connectivity index (χ3v) is 4.14. The van der Waals surface area contributed by atoms with Gasteiger partial charge >= 0.3 is 0 Å². The van der Waals surface area contributed by atoms with Crippen LogP contribution in [-0.2, 0) is 14.3 Å². The van der Waals surface area contributed by atoms with Crippen LogP contribution in [0.25, 0.3) is 0 Å². The average molecular weight is 406 g/mol. The zero-order valence-electron chi connectivity index (χ0n) is 15.0. The summed E-state index contributed by atoms with van der Waals surface area (Å²) in [5.41, 5.74) is 6.40.